The molecule has 0 N–H and O–H groups in total. The van der Waals surface area contributed by atoms with Gasteiger partial charge >= 0.3 is 0 Å². The minimum Gasteiger partial charge on any atom is -0.376 e. The summed E-state index contributed by atoms with van der Waals surface area (Å²) in [5, 5.41) is 0. The predicted molar refractivity (Wildman–Crippen MR) is 79.5 cm³/mol. The summed E-state index contributed by atoms with van der Waals surface area (Å²) in [4.78, 5) is 25.0. The summed E-state index contributed by atoms with van der Waals surface area (Å²) in [6.45, 7) is 1.72. The Morgan fingerprint density at radius 2 is 2.14 bits per heavy atom. The van der Waals surface area contributed by atoms with E-state index < -0.39 is 0 Å². The molecule has 0 aliphatic carbocycles. The van der Waals surface area contributed by atoms with Crippen LogP contribution in [0.2, 0.25) is 0 Å². The van der Waals surface area contributed by atoms with Gasteiger partial charge in [-0.2, -0.15) is 0 Å². The van der Waals surface area contributed by atoms with E-state index in [9.17, 15) is 9.59 Å². The summed E-state index contributed by atoms with van der Waals surface area (Å²) in [5.74, 6) is -0.414. The second-order valence-electron chi connectivity index (χ2n) is 5.24. The van der Waals surface area contributed by atoms with Gasteiger partial charge in [-0.15, -0.1) is 0 Å². The van der Waals surface area contributed by atoms with E-state index in [4.69, 9.17) is 9.47 Å². The number of imide groups is 1. The number of rotatable bonds is 2. The lowest BCUT2D eigenvalue weighted by Crippen LogP contribution is -2.39. The number of fused-ring (bicyclic) bond motifs is 1. The molecule has 0 spiro atoms. The number of alkyl halides is 1. The summed E-state index contributed by atoms with van der Waals surface area (Å²) in [7, 11) is 1.52. The van der Waals surface area contributed by atoms with Crippen molar-refractivity contribution >= 4 is 27.7 Å². The summed E-state index contributed by atoms with van der Waals surface area (Å²) in [6, 6.07) is 5.63. The van der Waals surface area contributed by atoms with Crippen LogP contribution >= 0.6 is 15.9 Å². The number of hydrogen-bond acceptors (Lipinski definition) is 4. The van der Waals surface area contributed by atoms with Gasteiger partial charge < -0.3 is 9.47 Å². The summed E-state index contributed by atoms with van der Waals surface area (Å²) >= 11 is 3.63. The molecule has 1 fully saturated rings. The Morgan fingerprint density at radius 1 is 1.33 bits per heavy atom. The minimum atomic E-state index is -0.247. The first-order valence-electron chi connectivity index (χ1n) is 6.85. The maximum atomic E-state index is 12.2. The number of benzene rings is 1. The van der Waals surface area contributed by atoms with E-state index >= 15 is 0 Å². The minimum absolute atomic E-state index is 0.0427. The molecular formula is C15H16BrNO4. The van der Waals surface area contributed by atoms with Crippen molar-refractivity contribution in [2.75, 3.05) is 26.9 Å². The van der Waals surface area contributed by atoms with Crippen LogP contribution in [0.4, 0.5) is 0 Å². The first-order chi connectivity index (χ1) is 10.1. The van der Waals surface area contributed by atoms with E-state index in [1.54, 1.807) is 0 Å². The first kappa shape index (κ1) is 14.7. The van der Waals surface area contributed by atoms with Crippen molar-refractivity contribution in [3.05, 3.63) is 34.9 Å². The molecule has 21 heavy (non-hydrogen) atoms. The van der Waals surface area contributed by atoms with Crippen LogP contribution in [-0.2, 0) is 20.7 Å². The second-order valence-corrected chi connectivity index (χ2v) is 6.22. The number of carbonyl (C=O) groups excluding carboxylic acids is 2. The predicted octanol–water partition coefficient (Wildman–Crippen LogP) is 1.69. The van der Waals surface area contributed by atoms with Gasteiger partial charge in [0, 0.05) is 12.6 Å². The monoisotopic (exact) mass is 353 g/mol. The van der Waals surface area contributed by atoms with Crippen LogP contribution < -0.4 is 0 Å². The van der Waals surface area contributed by atoms with Crippen molar-refractivity contribution in [2.45, 2.75) is 17.4 Å². The highest BCUT2D eigenvalue weighted by Gasteiger charge is 2.30. The van der Waals surface area contributed by atoms with Crippen LogP contribution in [0.5, 0.6) is 0 Å². The first-order valence-corrected chi connectivity index (χ1v) is 7.76. The van der Waals surface area contributed by atoms with Crippen LogP contribution in [-0.4, -0.2) is 49.7 Å². The fourth-order valence-corrected chi connectivity index (χ4v) is 3.17. The van der Waals surface area contributed by atoms with Crippen molar-refractivity contribution in [1.29, 1.82) is 0 Å². The Morgan fingerprint density at radius 3 is 2.86 bits per heavy atom. The highest BCUT2D eigenvalue weighted by atomic mass is 79.9. The Kier molecular flexibility index (Phi) is 4.10. The van der Waals surface area contributed by atoms with Crippen LogP contribution in [0, 0.1) is 0 Å². The number of nitrogens with zero attached hydrogens (tertiary/aromatic N) is 1. The number of carbonyl (C=O) groups is 2. The Balaban J connectivity index is 1.88. The van der Waals surface area contributed by atoms with E-state index in [0.717, 1.165) is 11.1 Å². The van der Waals surface area contributed by atoms with Gasteiger partial charge in [0.05, 0.1) is 37.2 Å². The average Bonchev–Trinajstić information content (AvgIpc) is 2.53. The number of ether oxygens (including phenoxy) is 2. The van der Waals surface area contributed by atoms with Gasteiger partial charge in [-0.3, -0.25) is 14.5 Å². The molecule has 6 heteroatoms. The third-order valence-electron chi connectivity index (χ3n) is 3.87. The fraction of sp³-hybridized carbons (Fsp3) is 0.467. The van der Waals surface area contributed by atoms with E-state index in [1.807, 2.05) is 18.2 Å². The molecule has 0 radical (unpaired) electrons. The zero-order valence-electron chi connectivity index (χ0n) is 11.7. The van der Waals surface area contributed by atoms with Crippen molar-refractivity contribution in [3.63, 3.8) is 0 Å². The Bertz CT molecular complexity index is 583. The summed E-state index contributed by atoms with van der Waals surface area (Å²) in [6.07, 6.45) is 0.197. The molecule has 2 heterocycles. The van der Waals surface area contributed by atoms with Crippen molar-refractivity contribution < 1.29 is 19.1 Å². The van der Waals surface area contributed by atoms with Gasteiger partial charge in [0.15, 0.2) is 0 Å². The summed E-state index contributed by atoms with van der Waals surface area (Å²) in [5.41, 5.74) is 2.34. The van der Waals surface area contributed by atoms with Gasteiger partial charge in [-0.05, 0) is 17.2 Å². The van der Waals surface area contributed by atoms with Gasteiger partial charge in [0.2, 0.25) is 5.91 Å². The van der Waals surface area contributed by atoms with E-state index in [2.05, 4.69) is 15.9 Å². The molecule has 2 amide bonds. The van der Waals surface area contributed by atoms with Crippen LogP contribution in [0.15, 0.2) is 18.2 Å². The molecule has 2 atom stereocenters. The van der Waals surface area contributed by atoms with Crippen LogP contribution in [0.25, 0.3) is 0 Å². The third-order valence-corrected chi connectivity index (χ3v) is 4.99. The van der Waals surface area contributed by atoms with E-state index in [0.29, 0.717) is 25.4 Å². The number of likely N-dealkylation sites (N-methyl/N-ethyl adjacent to an activating group) is 1. The molecule has 112 valence electrons. The van der Waals surface area contributed by atoms with Crippen molar-refractivity contribution in [3.8, 4) is 0 Å². The lowest BCUT2D eigenvalue weighted by atomic mass is 9.94. The average molecular weight is 354 g/mol. The second kappa shape index (κ2) is 5.87. The molecule has 3 rings (SSSR count). The lowest BCUT2D eigenvalue weighted by molar-refractivity contribution is -0.127. The van der Waals surface area contributed by atoms with Gasteiger partial charge in [0.25, 0.3) is 5.91 Å². The quantitative estimate of drug-likeness (QED) is 0.599. The van der Waals surface area contributed by atoms with Gasteiger partial charge in [0.1, 0.15) is 0 Å². The maximum Gasteiger partial charge on any atom is 0.260 e. The molecule has 5 nitrogen and oxygen atoms in total. The Hall–Kier alpha value is -1.24. The highest BCUT2D eigenvalue weighted by molar-refractivity contribution is 9.09. The van der Waals surface area contributed by atoms with Gasteiger partial charge in [-0.25, -0.2) is 0 Å². The van der Waals surface area contributed by atoms with Crippen LogP contribution in [0.1, 0.15) is 26.3 Å². The zero-order chi connectivity index (χ0) is 15.0. The van der Waals surface area contributed by atoms with E-state index in [-0.39, 0.29) is 29.2 Å². The standard InChI is InChI=1S/C15H16BrNO4/c1-17-13(18)7-9-2-3-10(6-11(9)15(17)19)14(16)12-8-20-4-5-21-12/h2-3,6,12,14H,4-5,7-8H2,1H3. The van der Waals surface area contributed by atoms with E-state index in [1.165, 1.54) is 11.9 Å². The molecule has 1 aromatic rings. The fourth-order valence-electron chi connectivity index (χ4n) is 2.58. The molecule has 0 aromatic heterocycles. The highest BCUT2D eigenvalue weighted by Crippen LogP contribution is 2.32. The largest absolute Gasteiger partial charge is 0.376 e. The lowest BCUT2D eigenvalue weighted by Gasteiger charge is -2.28. The third kappa shape index (κ3) is 2.75. The number of halogens is 1. The molecule has 0 saturated carbocycles. The molecule has 1 saturated heterocycles. The normalized spacial score (nSPS) is 23.9. The van der Waals surface area contributed by atoms with Crippen LogP contribution in [0.3, 0.4) is 0 Å². The Labute approximate surface area is 131 Å². The maximum absolute atomic E-state index is 12.2. The molecule has 2 aliphatic rings. The van der Waals surface area contributed by atoms with Gasteiger partial charge in [-0.1, -0.05) is 28.1 Å². The molecule has 1 aromatic carbocycles. The summed E-state index contributed by atoms with van der Waals surface area (Å²) < 4.78 is 11.1. The number of hydrogen-bond donors (Lipinski definition) is 0. The topological polar surface area (TPSA) is 55.8 Å². The van der Waals surface area contributed by atoms with Crippen molar-refractivity contribution in [1.82, 2.24) is 4.90 Å². The molecule has 2 unspecified atom stereocenters. The number of amides is 2. The van der Waals surface area contributed by atoms with Crippen molar-refractivity contribution in [2.24, 2.45) is 0 Å². The smallest absolute Gasteiger partial charge is 0.260 e. The zero-order valence-corrected chi connectivity index (χ0v) is 13.3. The SMILES string of the molecule is CN1C(=O)Cc2ccc(C(Br)C3COCCO3)cc2C1=O. The molecular weight excluding hydrogens is 338 g/mol. The molecule has 0 bridgehead atoms. The molecule has 2 aliphatic heterocycles.